The number of aromatic nitrogens is 1. The molecular formula is C26H28FN3OS. The SMILES string of the molecule is CN(C(=O)/C=C/c1ccc(-c2ccccc2F)s1)C1CCN(CCc2ccccn2)CC1. The zero-order valence-electron chi connectivity index (χ0n) is 18.3. The first-order valence-electron chi connectivity index (χ1n) is 11.0. The molecule has 1 aliphatic heterocycles. The second-order valence-electron chi connectivity index (χ2n) is 8.11. The lowest BCUT2D eigenvalue weighted by molar-refractivity contribution is -0.127. The molecule has 1 amide bonds. The van der Waals surface area contributed by atoms with E-state index in [4.69, 9.17) is 0 Å². The molecule has 3 heterocycles. The van der Waals surface area contributed by atoms with Gasteiger partial charge in [0.2, 0.25) is 5.91 Å². The van der Waals surface area contributed by atoms with Gasteiger partial charge in [0.25, 0.3) is 0 Å². The van der Waals surface area contributed by atoms with Gasteiger partial charge in [-0.3, -0.25) is 9.78 Å². The number of thiophene rings is 1. The number of hydrogen-bond donors (Lipinski definition) is 0. The van der Waals surface area contributed by atoms with Gasteiger partial charge in [-0.05, 0) is 49.2 Å². The molecule has 0 N–H and O–H groups in total. The lowest BCUT2D eigenvalue weighted by Crippen LogP contribution is -2.45. The summed E-state index contributed by atoms with van der Waals surface area (Å²) < 4.78 is 14.0. The van der Waals surface area contributed by atoms with Gasteiger partial charge in [0.05, 0.1) is 0 Å². The van der Waals surface area contributed by atoms with Crippen LogP contribution in [0.2, 0.25) is 0 Å². The second kappa shape index (κ2) is 10.7. The van der Waals surface area contributed by atoms with Crippen molar-refractivity contribution in [2.45, 2.75) is 25.3 Å². The maximum atomic E-state index is 14.0. The molecule has 4 rings (SSSR count). The van der Waals surface area contributed by atoms with Crippen LogP contribution in [-0.2, 0) is 11.2 Å². The molecule has 2 aromatic heterocycles. The van der Waals surface area contributed by atoms with Gasteiger partial charge in [0, 0.05) is 72.4 Å². The zero-order chi connectivity index (χ0) is 22.3. The third-order valence-corrected chi connectivity index (χ3v) is 7.10. The Hall–Kier alpha value is -2.83. The number of amides is 1. The fraction of sp³-hybridized carbons (Fsp3) is 0.308. The quantitative estimate of drug-likeness (QED) is 0.469. The van der Waals surface area contributed by atoms with Crippen molar-refractivity contribution in [3.63, 3.8) is 0 Å². The van der Waals surface area contributed by atoms with Crippen molar-refractivity contribution in [2.24, 2.45) is 0 Å². The molecule has 6 heteroatoms. The molecule has 32 heavy (non-hydrogen) atoms. The maximum absolute atomic E-state index is 14.0. The number of carbonyl (C=O) groups excluding carboxylic acids is 1. The van der Waals surface area contributed by atoms with E-state index >= 15 is 0 Å². The Morgan fingerprint density at radius 3 is 2.69 bits per heavy atom. The van der Waals surface area contributed by atoms with E-state index in [2.05, 4.69) is 16.0 Å². The van der Waals surface area contributed by atoms with Crippen molar-refractivity contribution in [3.05, 3.63) is 83.3 Å². The normalized spacial score (nSPS) is 15.3. The average molecular weight is 450 g/mol. The molecule has 0 saturated carbocycles. The van der Waals surface area contributed by atoms with Crippen molar-refractivity contribution in [1.29, 1.82) is 0 Å². The summed E-state index contributed by atoms with van der Waals surface area (Å²) in [6.45, 7) is 3.00. The Labute approximate surface area is 193 Å². The molecule has 0 unspecified atom stereocenters. The van der Waals surface area contributed by atoms with E-state index in [1.165, 1.54) is 17.4 Å². The minimum absolute atomic E-state index is 0.0118. The van der Waals surface area contributed by atoms with Crippen molar-refractivity contribution >= 4 is 23.3 Å². The van der Waals surface area contributed by atoms with Crippen molar-refractivity contribution in [2.75, 3.05) is 26.7 Å². The van der Waals surface area contributed by atoms with Crippen molar-refractivity contribution in [1.82, 2.24) is 14.8 Å². The first kappa shape index (κ1) is 22.4. The van der Waals surface area contributed by atoms with Gasteiger partial charge in [0.15, 0.2) is 0 Å². The highest BCUT2D eigenvalue weighted by Gasteiger charge is 2.24. The van der Waals surface area contributed by atoms with E-state index in [1.807, 2.05) is 54.6 Å². The summed E-state index contributed by atoms with van der Waals surface area (Å²) in [5.41, 5.74) is 1.72. The highest BCUT2D eigenvalue weighted by Crippen LogP contribution is 2.30. The highest BCUT2D eigenvalue weighted by atomic mass is 32.1. The molecule has 0 atom stereocenters. The minimum atomic E-state index is -0.230. The van der Waals surface area contributed by atoms with Gasteiger partial charge in [-0.15, -0.1) is 11.3 Å². The Morgan fingerprint density at radius 2 is 1.94 bits per heavy atom. The van der Waals surface area contributed by atoms with Crippen molar-refractivity contribution in [3.8, 4) is 10.4 Å². The molecule has 1 fully saturated rings. The number of likely N-dealkylation sites (tertiary alicyclic amines) is 1. The van der Waals surface area contributed by atoms with Gasteiger partial charge in [-0.2, -0.15) is 0 Å². The number of likely N-dealkylation sites (N-methyl/N-ethyl adjacent to an activating group) is 1. The summed E-state index contributed by atoms with van der Waals surface area (Å²) >= 11 is 1.48. The van der Waals surface area contributed by atoms with Crippen LogP contribution in [0.3, 0.4) is 0 Å². The summed E-state index contributed by atoms with van der Waals surface area (Å²) in [5, 5.41) is 0. The molecule has 1 aromatic carbocycles. The van der Waals surface area contributed by atoms with Gasteiger partial charge < -0.3 is 9.80 Å². The van der Waals surface area contributed by atoms with Gasteiger partial charge in [-0.1, -0.05) is 24.3 Å². The average Bonchev–Trinajstić information content (AvgIpc) is 3.31. The third-order valence-electron chi connectivity index (χ3n) is 6.02. The van der Waals surface area contributed by atoms with Crippen LogP contribution in [0.4, 0.5) is 4.39 Å². The fourth-order valence-corrected chi connectivity index (χ4v) is 4.99. The lowest BCUT2D eigenvalue weighted by atomic mass is 10.0. The van der Waals surface area contributed by atoms with E-state index in [0.29, 0.717) is 5.56 Å². The van der Waals surface area contributed by atoms with E-state index in [1.54, 1.807) is 18.2 Å². The van der Waals surface area contributed by atoms with Crippen molar-refractivity contribution < 1.29 is 9.18 Å². The first-order valence-corrected chi connectivity index (χ1v) is 11.8. The van der Waals surface area contributed by atoms with Gasteiger partial charge in [0.1, 0.15) is 5.82 Å². The third kappa shape index (κ3) is 5.69. The number of rotatable bonds is 7. The predicted molar refractivity (Wildman–Crippen MR) is 129 cm³/mol. The maximum Gasteiger partial charge on any atom is 0.246 e. The summed E-state index contributed by atoms with van der Waals surface area (Å²) in [7, 11) is 1.89. The Bertz CT molecular complexity index is 1060. The summed E-state index contributed by atoms with van der Waals surface area (Å²) in [6.07, 6.45) is 8.22. The number of hydrogen-bond acceptors (Lipinski definition) is 4. The molecular weight excluding hydrogens is 421 g/mol. The summed E-state index contributed by atoms with van der Waals surface area (Å²) in [6, 6.07) is 16.9. The smallest absolute Gasteiger partial charge is 0.246 e. The van der Waals surface area contributed by atoms with Crippen LogP contribution in [-0.4, -0.2) is 53.4 Å². The van der Waals surface area contributed by atoms with Crippen LogP contribution in [0.15, 0.2) is 66.9 Å². The van der Waals surface area contributed by atoms with Gasteiger partial charge in [-0.25, -0.2) is 4.39 Å². The molecule has 4 nitrogen and oxygen atoms in total. The van der Waals surface area contributed by atoms with E-state index in [9.17, 15) is 9.18 Å². The van der Waals surface area contributed by atoms with Crippen LogP contribution in [0.5, 0.6) is 0 Å². The highest BCUT2D eigenvalue weighted by molar-refractivity contribution is 7.16. The Kier molecular flexibility index (Phi) is 7.45. The zero-order valence-corrected chi connectivity index (χ0v) is 19.1. The van der Waals surface area contributed by atoms with Crippen LogP contribution in [0, 0.1) is 5.82 Å². The Balaban J connectivity index is 1.26. The second-order valence-corrected chi connectivity index (χ2v) is 9.22. The van der Waals surface area contributed by atoms with E-state index < -0.39 is 0 Å². The summed E-state index contributed by atoms with van der Waals surface area (Å²) in [4.78, 5) is 23.2. The number of nitrogens with zero attached hydrogens (tertiary/aromatic N) is 3. The minimum Gasteiger partial charge on any atom is -0.339 e. The van der Waals surface area contributed by atoms with Crippen LogP contribution < -0.4 is 0 Å². The number of benzene rings is 1. The van der Waals surface area contributed by atoms with Crippen LogP contribution in [0.25, 0.3) is 16.5 Å². The molecule has 0 spiro atoms. The van der Waals surface area contributed by atoms with Gasteiger partial charge >= 0.3 is 0 Å². The molecule has 0 aliphatic carbocycles. The standard InChI is InChI=1S/C26H28FN3OS/c1-29(21-14-18-30(19-15-21)17-13-20-6-4-5-16-28-20)26(31)12-10-22-9-11-25(32-22)23-7-2-3-8-24(23)27/h2-12,16,21H,13-15,17-19H2,1H3/b12-10+. The first-order chi connectivity index (χ1) is 15.6. The van der Waals surface area contributed by atoms with Crippen LogP contribution in [0.1, 0.15) is 23.4 Å². The molecule has 1 saturated heterocycles. The predicted octanol–water partition coefficient (Wildman–Crippen LogP) is 5.13. The molecule has 0 bridgehead atoms. The molecule has 1 aliphatic rings. The summed E-state index contributed by atoms with van der Waals surface area (Å²) in [5.74, 6) is -0.218. The number of carbonyl (C=O) groups is 1. The molecule has 3 aromatic rings. The number of pyridine rings is 1. The fourth-order valence-electron chi connectivity index (χ4n) is 4.05. The van der Waals surface area contributed by atoms with E-state index in [-0.39, 0.29) is 17.8 Å². The molecule has 0 radical (unpaired) electrons. The largest absolute Gasteiger partial charge is 0.339 e. The van der Waals surface area contributed by atoms with Crippen LogP contribution >= 0.6 is 11.3 Å². The lowest BCUT2D eigenvalue weighted by Gasteiger charge is -2.36. The monoisotopic (exact) mass is 449 g/mol. The number of piperidine rings is 1. The molecule has 166 valence electrons. The van der Waals surface area contributed by atoms with E-state index in [0.717, 1.165) is 54.3 Å². The number of halogens is 1. The Morgan fingerprint density at radius 1 is 1.16 bits per heavy atom. The topological polar surface area (TPSA) is 36.4 Å².